The Kier molecular flexibility index (Phi) is 5.71. The number of rotatable bonds is 4. The minimum atomic E-state index is 1.12. The van der Waals surface area contributed by atoms with Crippen LogP contribution in [0.3, 0.4) is 0 Å². The Morgan fingerprint density at radius 2 is 1.11 bits per heavy atom. The zero-order valence-electron chi connectivity index (χ0n) is 23.8. The van der Waals surface area contributed by atoms with Crippen LogP contribution in [0.15, 0.2) is 158 Å². The first-order valence-corrected chi connectivity index (χ1v) is 15.7. The maximum atomic E-state index is 4.41. The van der Waals surface area contributed by atoms with Crippen molar-refractivity contribution in [1.82, 2.24) is 4.98 Å². The smallest absolute Gasteiger partial charge is 0.0546 e. The predicted octanol–water partition coefficient (Wildman–Crippen LogP) is 12.0. The van der Waals surface area contributed by atoms with Gasteiger partial charge in [0, 0.05) is 49.3 Å². The molecule has 0 N–H and O–H groups in total. The van der Waals surface area contributed by atoms with Crippen LogP contribution < -0.4 is 4.90 Å². The molecule has 0 spiro atoms. The topological polar surface area (TPSA) is 16.1 Å². The van der Waals surface area contributed by atoms with E-state index in [2.05, 4.69) is 155 Å². The number of hydrogen-bond donors (Lipinski definition) is 0. The number of thiophene rings is 1. The molecular weight excluding hydrogens is 553 g/mol. The molecule has 0 fully saturated rings. The van der Waals surface area contributed by atoms with Crippen LogP contribution in [0.25, 0.3) is 63.6 Å². The minimum absolute atomic E-state index is 1.12. The van der Waals surface area contributed by atoms with Gasteiger partial charge in [-0.15, -0.1) is 11.3 Å². The van der Waals surface area contributed by atoms with E-state index in [4.69, 9.17) is 0 Å². The fraction of sp³-hybridized carbons (Fsp3) is 0. The van der Waals surface area contributed by atoms with Crippen molar-refractivity contribution in [2.45, 2.75) is 0 Å². The molecule has 3 heteroatoms. The fourth-order valence-corrected chi connectivity index (χ4v) is 7.74. The quantitative estimate of drug-likeness (QED) is 0.193. The van der Waals surface area contributed by atoms with Gasteiger partial charge in [0.25, 0.3) is 0 Å². The van der Waals surface area contributed by atoms with Gasteiger partial charge in [-0.25, -0.2) is 0 Å². The normalized spacial score (nSPS) is 11.6. The van der Waals surface area contributed by atoms with Crippen molar-refractivity contribution in [2.24, 2.45) is 0 Å². The summed E-state index contributed by atoms with van der Waals surface area (Å²) in [5.41, 5.74) is 5.84. The molecule has 0 saturated heterocycles. The van der Waals surface area contributed by atoms with Crippen LogP contribution in [0, 0.1) is 0 Å². The highest BCUT2D eigenvalue weighted by Crippen LogP contribution is 2.45. The molecule has 0 bridgehead atoms. The predicted molar refractivity (Wildman–Crippen MR) is 190 cm³/mol. The molecule has 7 aromatic carbocycles. The first-order valence-electron chi connectivity index (χ1n) is 14.9. The summed E-state index contributed by atoms with van der Waals surface area (Å²) in [7, 11) is 0. The number of anilines is 3. The zero-order valence-corrected chi connectivity index (χ0v) is 24.6. The first-order chi connectivity index (χ1) is 21.8. The van der Waals surface area contributed by atoms with E-state index in [1.165, 1.54) is 69.3 Å². The van der Waals surface area contributed by atoms with E-state index < -0.39 is 0 Å². The van der Waals surface area contributed by atoms with Crippen LogP contribution in [0.1, 0.15) is 0 Å². The van der Waals surface area contributed by atoms with E-state index in [1.807, 2.05) is 23.7 Å². The maximum absolute atomic E-state index is 4.41. The van der Waals surface area contributed by atoms with Crippen molar-refractivity contribution in [3.8, 4) is 11.1 Å². The maximum Gasteiger partial charge on any atom is 0.0546 e. The van der Waals surface area contributed by atoms with Crippen molar-refractivity contribution in [2.75, 3.05) is 4.90 Å². The number of hydrogen-bond acceptors (Lipinski definition) is 3. The van der Waals surface area contributed by atoms with Gasteiger partial charge in [0.2, 0.25) is 0 Å². The highest BCUT2D eigenvalue weighted by Gasteiger charge is 2.19. The lowest BCUT2D eigenvalue weighted by Gasteiger charge is -2.28. The van der Waals surface area contributed by atoms with Crippen LogP contribution >= 0.6 is 11.3 Å². The summed E-state index contributed by atoms with van der Waals surface area (Å²) >= 11 is 1.82. The molecule has 9 aromatic rings. The average Bonchev–Trinajstić information content (AvgIpc) is 3.47. The van der Waals surface area contributed by atoms with Crippen molar-refractivity contribution in [1.29, 1.82) is 0 Å². The lowest BCUT2D eigenvalue weighted by atomic mass is 9.95. The average molecular weight is 579 g/mol. The molecule has 0 aliphatic carbocycles. The van der Waals surface area contributed by atoms with Gasteiger partial charge in [0.15, 0.2) is 0 Å². The Balaban J connectivity index is 1.33. The summed E-state index contributed by atoms with van der Waals surface area (Å²) in [5.74, 6) is 0. The number of fused-ring (bicyclic) bond motifs is 8. The number of aromatic nitrogens is 1. The molecule has 2 nitrogen and oxygen atoms in total. The monoisotopic (exact) mass is 578 g/mol. The van der Waals surface area contributed by atoms with E-state index in [0.29, 0.717) is 0 Å². The molecule has 0 unspecified atom stereocenters. The second kappa shape index (κ2) is 10.0. The zero-order chi connectivity index (χ0) is 29.0. The van der Waals surface area contributed by atoms with Gasteiger partial charge >= 0.3 is 0 Å². The molecule has 2 heterocycles. The molecule has 0 amide bonds. The second-order valence-electron chi connectivity index (χ2n) is 11.2. The first kappa shape index (κ1) is 25.0. The summed E-state index contributed by atoms with van der Waals surface area (Å²) in [6.07, 6.45) is 3.86. The van der Waals surface area contributed by atoms with Crippen LogP contribution in [0.2, 0.25) is 0 Å². The Morgan fingerprint density at radius 1 is 0.432 bits per heavy atom. The standard InChI is InChI=1S/C41H26N2S/c1-2-8-27(9-3-1)28-14-17-30(18-15-28)43(31-19-21-36-38-26-42-23-22-40(38)44-41(36)24-31)39-25-37-32-11-5-4-10-29(32)16-20-34(37)33-12-6-7-13-35(33)39/h1-26H. The molecule has 9 rings (SSSR count). The van der Waals surface area contributed by atoms with Crippen LogP contribution in [0.5, 0.6) is 0 Å². The van der Waals surface area contributed by atoms with Gasteiger partial charge < -0.3 is 4.90 Å². The SMILES string of the molecule is c1ccc(-c2ccc(N(c3ccc4c(c3)sc3ccncc34)c3cc4c5ccccc5ccc4c4ccccc34)cc2)cc1. The van der Waals surface area contributed by atoms with Crippen molar-refractivity contribution >= 4 is 80.9 Å². The Hall–Kier alpha value is -5.51. The molecule has 0 radical (unpaired) electrons. The van der Waals surface area contributed by atoms with Crippen LogP contribution in [-0.2, 0) is 0 Å². The third kappa shape index (κ3) is 3.98. The lowest BCUT2D eigenvalue weighted by molar-refractivity contribution is 1.31. The Morgan fingerprint density at radius 3 is 1.98 bits per heavy atom. The summed E-state index contributed by atoms with van der Waals surface area (Å²) < 4.78 is 2.51. The Labute approximate surface area is 259 Å². The minimum Gasteiger partial charge on any atom is -0.310 e. The number of benzene rings is 7. The second-order valence-corrected chi connectivity index (χ2v) is 12.3. The van der Waals surface area contributed by atoms with E-state index in [0.717, 1.165) is 11.4 Å². The molecule has 0 saturated carbocycles. The van der Waals surface area contributed by atoms with Gasteiger partial charge in [-0.2, -0.15) is 0 Å². The summed E-state index contributed by atoms with van der Waals surface area (Å²) in [4.78, 5) is 6.84. The molecule has 2 aromatic heterocycles. The fourth-order valence-electron chi connectivity index (χ4n) is 6.64. The van der Waals surface area contributed by atoms with E-state index in [1.54, 1.807) is 0 Å². The highest BCUT2D eigenvalue weighted by atomic mass is 32.1. The largest absolute Gasteiger partial charge is 0.310 e. The van der Waals surface area contributed by atoms with Gasteiger partial charge in [0.1, 0.15) is 0 Å². The molecular formula is C41H26N2S. The lowest BCUT2D eigenvalue weighted by Crippen LogP contribution is -2.10. The van der Waals surface area contributed by atoms with Crippen LogP contribution in [-0.4, -0.2) is 4.98 Å². The molecule has 0 aliphatic heterocycles. The van der Waals surface area contributed by atoms with E-state index >= 15 is 0 Å². The van der Waals surface area contributed by atoms with Gasteiger partial charge in [-0.3, -0.25) is 4.98 Å². The molecule has 44 heavy (non-hydrogen) atoms. The Bertz CT molecular complexity index is 2490. The molecule has 206 valence electrons. The van der Waals surface area contributed by atoms with Crippen molar-refractivity contribution in [3.63, 3.8) is 0 Å². The van der Waals surface area contributed by atoms with E-state index in [-0.39, 0.29) is 0 Å². The molecule has 0 atom stereocenters. The summed E-state index contributed by atoms with van der Waals surface area (Å²) in [6.45, 7) is 0. The van der Waals surface area contributed by atoms with Gasteiger partial charge in [-0.1, -0.05) is 109 Å². The van der Waals surface area contributed by atoms with Crippen molar-refractivity contribution < 1.29 is 0 Å². The third-order valence-corrected chi connectivity index (χ3v) is 9.87. The third-order valence-electron chi connectivity index (χ3n) is 8.73. The number of pyridine rings is 1. The highest BCUT2D eigenvalue weighted by molar-refractivity contribution is 7.25. The molecule has 0 aliphatic rings. The summed E-state index contributed by atoms with van der Waals surface area (Å²) in [5, 5.41) is 9.99. The van der Waals surface area contributed by atoms with Gasteiger partial charge in [0.05, 0.1) is 5.69 Å². The number of nitrogens with zero attached hydrogens (tertiary/aromatic N) is 2. The van der Waals surface area contributed by atoms with E-state index in [9.17, 15) is 0 Å². The van der Waals surface area contributed by atoms with Crippen LogP contribution in [0.4, 0.5) is 17.1 Å². The van der Waals surface area contributed by atoms with Crippen molar-refractivity contribution in [3.05, 3.63) is 158 Å². The summed E-state index contributed by atoms with van der Waals surface area (Å²) in [6, 6.07) is 53.0. The van der Waals surface area contributed by atoms with Gasteiger partial charge in [-0.05, 0) is 74.5 Å².